The van der Waals surface area contributed by atoms with Crippen molar-refractivity contribution >= 4 is 38.4 Å². The van der Waals surface area contributed by atoms with Gasteiger partial charge in [-0.25, -0.2) is 19.3 Å². The highest BCUT2D eigenvalue weighted by atomic mass is 32.1. The quantitative estimate of drug-likeness (QED) is 0.414. The summed E-state index contributed by atoms with van der Waals surface area (Å²) in [5.41, 5.74) is 2.10. The normalized spacial score (nSPS) is 20.6. The molecule has 1 aromatic carbocycles. The average molecular weight is 538 g/mol. The molecular formula is C27H32FN7O2S. The number of ether oxygens (including phenoxy) is 2. The number of thiazole rings is 1. The second-order valence-corrected chi connectivity index (χ2v) is 11.3. The van der Waals surface area contributed by atoms with Crippen molar-refractivity contribution in [3.8, 4) is 11.4 Å². The largest absolute Gasteiger partial charge is 0.379 e. The minimum atomic E-state index is -0.322. The zero-order valence-electron chi connectivity index (χ0n) is 21.4. The van der Waals surface area contributed by atoms with Crippen molar-refractivity contribution in [2.75, 3.05) is 70.6 Å². The van der Waals surface area contributed by atoms with E-state index in [0.29, 0.717) is 30.6 Å². The van der Waals surface area contributed by atoms with Crippen molar-refractivity contribution in [1.82, 2.24) is 29.7 Å². The number of likely N-dealkylation sites (tertiary alicyclic amines) is 1. The molecule has 3 fully saturated rings. The Hall–Kier alpha value is -2.70. The van der Waals surface area contributed by atoms with Gasteiger partial charge in [-0.15, -0.1) is 0 Å². The molecule has 3 saturated heterocycles. The smallest absolute Gasteiger partial charge is 0.166 e. The van der Waals surface area contributed by atoms with E-state index in [-0.39, 0.29) is 5.82 Å². The third kappa shape index (κ3) is 4.66. The molecule has 6 heterocycles. The van der Waals surface area contributed by atoms with Gasteiger partial charge < -0.3 is 19.4 Å². The number of nitrogens with zero attached hydrogens (tertiary/aromatic N) is 6. The summed E-state index contributed by atoms with van der Waals surface area (Å²) in [7, 11) is 0. The van der Waals surface area contributed by atoms with Gasteiger partial charge >= 0.3 is 0 Å². The fourth-order valence-corrected chi connectivity index (χ4v) is 6.91. The summed E-state index contributed by atoms with van der Waals surface area (Å²) in [4.78, 5) is 26.1. The molecule has 0 atom stereocenters. The summed E-state index contributed by atoms with van der Waals surface area (Å²) in [6.45, 7) is 9.44. The molecule has 3 aromatic heterocycles. The first kappa shape index (κ1) is 24.3. The number of hydrogen-bond acceptors (Lipinski definition) is 9. The van der Waals surface area contributed by atoms with E-state index >= 15 is 4.39 Å². The van der Waals surface area contributed by atoms with Crippen molar-refractivity contribution in [2.45, 2.75) is 25.4 Å². The van der Waals surface area contributed by atoms with Crippen LogP contribution < -0.4 is 4.90 Å². The van der Waals surface area contributed by atoms with Gasteiger partial charge in [-0.1, -0.05) is 11.3 Å². The van der Waals surface area contributed by atoms with E-state index in [1.807, 2.05) is 12.3 Å². The Morgan fingerprint density at radius 3 is 2.47 bits per heavy atom. The molecule has 1 N–H and O–H groups in total. The number of aromatic amines is 1. The number of H-pyrrole nitrogens is 1. The monoisotopic (exact) mass is 537 g/mol. The van der Waals surface area contributed by atoms with Gasteiger partial charge in [-0.2, -0.15) is 0 Å². The maximum absolute atomic E-state index is 15.2. The second-order valence-electron chi connectivity index (χ2n) is 10.2. The molecule has 7 rings (SSSR count). The van der Waals surface area contributed by atoms with E-state index in [1.165, 1.54) is 18.9 Å². The molecule has 3 aliphatic heterocycles. The number of aromatic nitrogens is 4. The lowest BCUT2D eigenvalue weighted by Gasteiger charge is -2.39. The van der Waals surface area contributed by atoms with Crippen molar-refractivity contribution < 1.29 is 13.9 Å². The SMILES string of the molecule is Fc1ccc2[nH]ccc2c1-c1nc(N2CCOCC2)c2nc(CN3CCC(N4CCOCC4)CC3)sc2n1. The Balaban J connectivity index is 1.19. The Kier molecular flexibility index (Phi) is 6.70. The molecule has 0 aliphatic carbocycles. The van der Waals surface area contributed by atoms with Crippen LogP contribution in [0.2, 0.25) is 0 Å². The maximum atomic E-state index is 15.2. The van der Waals surface area contributed by atoms with Crippen LogP contribution in [0.25, 0.3) is 32.6 Å². The number of halogens is 1. The number of nitrogens with one attached hydrogen (secondary N) is 1. The van der Waals surface area contributed by atoms with Gasteiger partial charge in [0.1, 0.15) is 21.2 Å². The Morgan fingerprint density at radius 1 is 0.921 bits per heavy atom. The van der Waals surface area contributed by atoms with Crippen LogP contribution in [0.3, 0.4) is 0 Å². The molecule has 0 spiro atoms. The van der Waals surface area contributed by atoms with Gasteiger partial charge in [0.05, 0.1) is 38.5 Å². The van der Waals surface area contributed by atoms with E-state index in [4.69, 9.17) is 24.4 Å². The molecule has 9 nitrogen and oxygen atoms in total. The first-order valence-corrected chi connectivity index (χ1v) is 14.3. The third-order valence-electron chi connectivity index (χ3n) is 7.98. The van der Waals surface area contributed by atoms with E-state index in [0.717, 1.165) is 91.1 Å². The summed E-state index contributed by atoms with van der Waals surface area (Å²) < 4.78 is 26.3. The predicted molar refractivity (Wildman–Crippen MR) is 146 cm³/mol. The predicted octanol–water partition coefficient (Wildman–Crippen LogP) is 3.51. The van der Waals surface area contributed by atoms with Crippen molar-refractivity contribution in [3.05, 3.63) is 35.2 Å². The lowest BCUT2D eigenvalue weighted by molar-refractivity contribution is 0.000231. The highest BCUT2D eigenvalue weighted by Crippen LogP contribution is 2.35. The molecule has 0 saturated carbocycles. The summed E-state index contributed by atoms with van der Waals surface area (Å²) in [5.74, 6) is 0.856. The molecule has 11 heteroatoms. The minimum absolute atomic E-state index is 0.322. The van der Waals surface area contributed by atoms with Gasteiger partial charge in [0.2, 0.25) is 0 Å². The standard InChI is InChI=1S/C27H32FN7O2S/c28-20-1-2-21-19(3-6-29-21)23(20)25-31-26(35-11-15-37-16-12-35)24-27(32-25)38-22(30-24)17-33-7-4-18(5-8-33)34-9-13-36-14-10-34/h1-3,6,18,29H,4-5,7-17H2. The van der Waals surface area contributed by atoms with E-state index in [2.05, 4.69) is 19.7 Å². The zero-order valence-corrected chi connectivity index (χ0v) is 22.2. The van der Waals surface area contributed by atoms with Crippen LogP contribution in [-0.2, 0) is 16.0 Å². The molecule has 0 amide bonds. The molecule has 4 aromatic rings. The topological polar surface area (TPSA) is 82.6 Å². The molecule has 200 valence electrons. The van der Waals surface area contributed by atoms with Gasteiger partial charge in [0, 0.05) is 62.4 Å². The second kappa shape index (κ2) is 10.5. The van der Waals surface area contributed by atoms with E-state index in [9.17, 15) is 0 Å². The van der Waals surface area contributed by atoms with Crippen LogP contribution in [0.5, 0.6) is 0 Å². The number of morpholine rings is 2. The van der Waals surface area contributed by atoms with Crippen LogP contribution in [0, 0.1) is 5.82 Å². The van der Waals surface area contributed by atoms with Gasteiger partial charge in [-0.3, -0.25) is 9.80 Å². The van der Waals surface area contributed by atoms with Crippen LogP contribution in [0.1, 0.15) is 17.8 Å². The van der Waals surface area contributed by atoms with E-state index in [1.54, 1.807) is 17.4 Å². The Labute approximate surface area is 224 Å². The van der Waals surface area contributed by atoms with Gasteiger partial charge in [-0.05, 0) is 31.0 Å². The van der Waals surface area contributed by atoms with Crippen LogP contribution in [0.4, 0.5) is 10.2 Å². The number of benzene rings is 1. The van der Waals surface area contributed by atoms with Crippen LogP contribution in [0.15, 0.2) is 24.4 Å². The highest BCUT2D eigenvalue weighted by Gasteiger charge is 2.27. The summed E-state index contributed by atoms with van der Waals surface area (Å²) in [6, 6.07) is 5.77. The summed E-state index contributed by atoms with van der Waals surface area (Å²) >= 11 is 1.60. The van der Waals surface area contributed by atoms with Crippen LogP contribution in [-0.4, -0.2) is 101 Å². The number of fused-ring (bicyclic) bond motifs is 2. The Bertz CT molecular complexity index is 1420. The van der Waals surface area contributed by atoms with Crippen LogP contribution >= 0.6 is 11.3 Å². The van der Waals surface area contributed by atoms with E-state index < -0.39 is 0 Å². The average Bonchev–Trinajstić information content (AvgIpc) is 3.60. The summed E-state index contributed by atoms with van der Waals surface area (Å²) in [5, 5.41) is 1.82. The van der Waals surface area contributed by atoms with Crippen molar-refractivity contribution in [2.24, 2.45) is 0 Å². The minimum Gasteiger partial charge on any atom is -0.379 e. The van der Waals surface area contributed by atoms with Gasteiger partial charge in [0.15, 0.2) is 11.6 Å². The Morgan fingerprint density at radius 2 is 1.68 bits per heavy atom. The molecular weight excluding hydrogens is 505 g/mol. The first-order chi connectivity index (χ1) is 18.7. The fourth-order valence-electron chi connectivity index (χ4n) is 5.94. The number of rotatable bonds is 5. The third-order valence-corrected chi connectivity index (χ3v) is 8.91. The molecule has 0 bridgehead atoms. The number of anilines is 1. The lowest BCUT2D eigenvalue weighted by atomic mass is 10.0. The number of hydrogen-bond donors (Lipinski definition) is 1. The lowest BCUT2D eigenvalue weighted by Crippen LogP contribution is -2.48. The maximum Gasteiger partial charge on any atom is 0.166 e. The zero-order chi connectivity index (χ0) is 25.5. The highest BCUT2D eigenvalue weighted by molar-refractivity contribution is 7.18. The summed E-state index contributed by atoms with van der Waals surface area (Å²) in [6.07, 6.45) is 4.17. The van der Waals surface area contributed by atoms with Crippen molar-refractivity contribution in [1.29, 1.82) is 0 Å². The fraction of sp³-hybridized carbons (Fsp3) is 0.519. The molecule has 38 heavy (non-hydrogen) atoms. The molecule has 3 aliphatic rings. The number of piperidine rings is 1. The van der Waals surface area contributed by atoms with Crippen molar-refractivity contribution in [3.63, 3.8) is 0 Å². The first-order valence-electron chi connectivity index (χ1n) is 13.5. The molecule has 0 unspecified atom stereocenters. The van der Waals surface area contributed by atoms with Gasteiger partial charge in [0.25, 0.3) is 0 Å². The molecule has 0 radical (unpaired) electrons.